The van der Waals surface area contributed by atoms with Crippen molar-refractivity contribution in [3.05, 3.63) is 35.9 Å². The van der Waals surface area contributed by atoms with Gasteiger partial charge < -0.3 is 9.84 Å². The minimum absolute atomic E-state index is 0.111. The minimum atomic E-state index is -1.12. The molecule has 1 heterocycles. The van der Waals surface area contributed by atoms with E-state index in [1.165, 1.54) is 0 Å². The van der Waals surface area contributed by atoms with Gasteiger partial charge in [-0.25, -0.2) is 4.79 Å². The van der Waals surface area contributed by atoms with Gasteiger partial charge in [-0.05, 0) is 18.4 Å². The lowest BCUT2D eigenvalue weighted by Gasteiger charge is -2.19. The Hall–Kier alpha value is -2.37. The van der Waals surface area contributed by atoms with E-state index in [1.54, 1.807) is 0 Å². The van der Waals surface area contributed by atoms with Gasteiger partial charge in [-0.2, -0.15) is 0 Å². The van der Waals surface area contributed by atoms with Crippen molar-refractivity contribution in [2.75, 3.05) is 6.54 Å². The molecule has 1 aromatic rings. The van der Waals surface area contributed by atoms with Gasteiger partial charge in [-0.1, -0.05) is 30.3 Å². The van der Waals surface area contributed by atoms with E-state index in [2.05, 4.69) is 0 Å². The Kier molecular flexibility index (Phi) is 4.92. The highest BCUT2D eigenvalue weighted by atomic mass is 16.5. The highest BCUT2D eigenvalue weighted by Crippen LogP contribution is 2.19. The Morgan fingerprint density at radius 2 is 1.95 bits per heavy atom. The van der Waals surface area contributed by atoms with Crippen molar-refractivity contribution in [3.63, 3.8) is 0 Å². The molecule has 6 nitrogen and oxygen atoms in total. The van der Waals surface area contributed by atoms with E-state index in [1.807, 2.05) is 30.3 Å². The number of carbonyl (C=O) groups excluding carboxylic acids is 2. The van der Waals surface area contributed by atoms with Crippen LogP contribution in [-0.2, 0) is 20.9 Å². The standard InChI is InChI=1S/C15H17NO5/c17-13(12-7-4-8-16(12)15(19)20)9-14(18)21-10-11-5-2-1-3-6-11/h1-3,5-6,12H,4,7-10H2,(H,19,20). The molecule has 1 aliphatic rings. The van der Waals surface area contributed by atoms with Gasteiger partial charge in [0.25, 0.3) is 0 Å². The number of hydrogen-bond acceptors (Lipinski definition) is 4. The number of rotatable bonds is 5. The number of carboxylic acid groups (broad SMARTS) is 1. The first-order valence-electron chi connectivity index (χ1n) is 6.80. The van der Waals surface area contributed by atoms with Crippen LogP contribution in [0.15, 0.2) is 30.3 Å². The van der Waals surface area contributed by atoms with Crippen molar-refractivity contribution in [1.82, 2.24) is 4.90 Å². The first kappa shape index (κ1) is 15.0. The number of ketones is 1. The Bertz CT molecular complexity index is 528. The van der Waals surface area contributed by atoms with Gasteiger partial charge in [0.15, 0.2) is 5.78 Å². The van der Waals surface area contributed by atoms with Crippen LogP contribution in [0.1, 0.15) is 24.8 Å². The molecule has 0 saturated carbocycles. The zero-order chi connectivity index (χ0) is 15.2. The maximum Gasteiger partial charge on any atom is 0.407 e. The summed E-state index contributed by atoms with van der Waals surface area (Å²) in [6.07, 6.45) is -0.399. The van der Waals surface area contributed by atoms with Crippen molar-refractivity contribution in [3.8, 4) is 0 Å². The number of carbonyl (C=O) groups is 3. The van der Waals surface area contributed by atoms with Gasteiger partial charge in [-0.3, -0.25) is 14.5 Å². The number of esters is 1. The maximum atomic E-state index is 12.0. The number of ether oxygens (including phenoxy) is 1. The fourth-order valence-electron chi connectivity index (χ4n) is 2.38. The predicted octanol–water partition coefficient (Wildman–Crippen LogP) is 1.83. The second kappa shape index (κ2) is 6.88. The molecular formula is C15H17NO5. The molecule has 6 heteroatoms. The Morgan fingerprint density at radius 3 is 2.62 bits per heavy atom. The van der Waals surface area contributed by atoms with Crippen molar-refractivity contribution < 1.29 is 24.2 Å². The Labute approximate surface area is 122 Å². The van der Waals surface area contributed by atoms with E-state index in [0.717, 1.165) is 10.5 Å². The smallest absolute Gasteiger partial charge is 0.407 e. The minimum Gasteiger partial charge on any atom is -0.465 e. The van der Waals surface area contributed by atoms with Crippen molar-refractivity contribution in [1.29, 1.82) is 0 Å². The molecule has 1 aliphatic heterocycles. The van der Waals surface area contributed by atoms with Crippen LogP contribution in [0.25, 0.3) is 0 Å². The van der Waals surface area contributed by atoms with E-state index < -0.39 is 23.9 Å². The summed E-state index contributed by atoms with van der Waals surface area (Å²) >= 11 is 0. The monoisotopic (exact) mass is 291 g/mol. The van der Waals surface area contributed by atoms with Gasteiger partial charge in [0.05, 0.1) is 6.04 Å². The van der Waals surface area contributed by atoms with E-state index in [9.17, 15) is 14.4 Å². The second-order valence-corrected chi connectivity index (χ2v) is 4.92. The molecule has 0 spiro atoms. The topological polar surface area (TPSA) is 83.9 Å². The number of hydrogen-bond donors (Lipinski definition) is 1. The lowest BCUT2D eigenvalue weighted by molar-refractivity contribution is -0.148. The van der Waals surface area contributed by atoms with E-state index >= 15 is 0 Å². The summed E-state index contributed by atoms with van der Waals surface area (Å²) in [5, 5.41) is 8.98. The van der Waals surface area contributed by atoms with Crippen LogP contribution in [0.3, 0.4) is 0 Å². The molecule has 1 atom stereocenters. The highest BCUT2D eigenvalue weighted by Gasteiger charge is 2.34. The van der Waals surface area contributed by atoms with Crippen LogP contribution in [-0.4, -0.2) is 40.4 Å². The summed E-state index contributed by atoms with van der Waals surface area (Å²) in [7, 11) is 0. The molecule has 1 aromatic carbocycles. The van der Waals surface area contributed by atoms with Crippen LogP contribution in [0.2, 0.25) is 0 Å². The van der Waals surface area contributed by atoms with E-state index in [4.69, 9.17) is 9.84 Å². The lowest BCUT2D eigenvalue weighted by Crippen LogP contribution is -2.40. The van der Waals surface area contributed by atoms with Crippen LogP contribution in [0, 0.1) is 0 Å². The molecule has 1 amide bonds. The summed E-state index contributed by atoms with van der Waals surface area (Å²) in [4.78, 5) is 35.7. The second-order valence-electron chi connectivity index (χ2n) is 4.92. The summed E-state index contributed by atoms with van der Waals surface area (Å²) < 4.78 is 5.03. The summed E-state index contributed by atoms with van der Waals surface area (Å²) in [6.45, 7) is 0.449. The lowest BCUT2D eigenvalue weighted by atomic mass is 10.1. The summed E-state index contributed by atoms with van der Waals surface area (Å²) in [5.74, 6) is -1.02. The zero-order valence-electron chi connectivity index (χ0n) is 11.5. The van der Waals surface area contributed by atoms with Crippen LogP contribution >= 0.6 is 0 Å². The summed E-state index contributed by atoms with van der Waals surface area (Å²) in [5.41, 5.74) is 0.839. The Morgan fingerprint density at radius 1 is 1.24 bits per heavy atom. The van der Waals surface area contributed by atoms with Gasteiger partial charge in [0.1, 0.15) is 13.0 Å². The molecule has 1 unspecified atom stereocenters. The largest absolute Gasteiger partial charge is 0.465 e. The number of likely N-dealkylation sites (tertiary alicyclic amines) is 1. The quantitative estimate of drug-likeness (QED) is 0.661. The molecule has 1 saturated heterocycles. The van der Waals surface area contributed by atoms with Crippen molar-refractivity contribution >= 4 is 17.8 Å². The predicted molar refractivity (Wildman–Crippen MR) is 73.6 cm³/mol. The fraction of sp³-hybridized carbons (Fsp3) is 0.400. The molecule has 0 aromatic heterocycles. The molecule has 1 fully saturated rings. The first-order valence-corrected chi connectivity index (χ1v) is 6.80. The molecule has 112 valence electrons. The fourth-order valence-corrected chi connectivity index (χ4v) is 2.38. The van der Waals surface area contributed by atoms with Gasteiger partial charge >= 0.3 is 12.1 Å². The molecular weight excluding hydrogens is 274 g/mol. The van der Waals surface area contributed by atoms with Crippen molar-refractivity contribution in [2.24, 2.45) is 0 Å². The van der Waals surface area contributed by atoms with E-state index in [-0.39, 0.29) is 13.0 Å². The van der Waals surface area contributed by atoms with Crippen LogP contribution in [0.5, 0.6) is 0 Å². The third-order valence-electron chi connectivity index (χ3n) is 3.43. The molecule has 0 radical (unpaired) electrons. The number of amides is 1. The Balaban J connectivity index is 1.82. The average Bonchev–Trinajstić information content (AvgIpc) is 2.96. The third kappa shape index (κ3) is 4.05. The van der Waals surface area contributed by atoms with E-state index in [0.29, 0.717) is 19.4 Å². The van der Waals surface area contributed by atoms with Gasteiger partial charge in [-0.15, -0.1) is 0 Å². The number of nitrogens with zero attached hydrogens (tertiary/aromatic N) is 1. The van der Waals surface area contributed by atoms with Crippen LogP contribution in [0.4, 0.5) is 4.79 Å². The highest BCUT2D eigenvalue weighted by molar-refractivity contribution is 5.99. The first-order chi connectivity index (χ1) is 10.1. The van der Waals surface area contributed by atoms with Crippen LogP contribution < -0.4 is 0 Å². The average molecular weight is 291 g/mol. The van der Waals surface area contributed by atoms with Gasteiger partial charge in [0, 0.05) is 6.54 Å². The molecule has 1 N–H and O–H groups in total. The number of Topliss-reactive ketones (excluding diaryl/α,β-unsaturated/α-hetero) is 1. The normalized spacial score (nSPS) is 17.5. The third-order valence-corrected chi connectivity index (χ3v) is 3.43. The molecule has 0 aliphatic carbocycles. The number of benzene rings is 1. The SMILES string of the molecule is O=C(CC(=O)C1CCCN1C(=O)O)OCc1ccccc1. The van der Waals surface area contributed by atoms with Crippen molar-refractivity contribution in [2.45, 2.75) is 31.9 Å². The zero-order valence-corrected chi connectivity index (χ0v) is 11.5. The molecule has 2 rings (SSSR count). The molecule has 21 heavy (non-hydrogen) atoms. The molecule has 0 bridgehead atoms. The maximum absolute atomic E-state index is 12.0. The van der Waals surface area contributed by atoms with Gasteiger partial charge in [0.2, 0.25) is 0 Å². The summed E-state index contributed by atoms with van der Waals surface area (Å²) in [6, 6.07) is 8.44.